The van der Waals surface area contributed by atoms with E-state index < -0.39 is 18.2 Å². The van der Waals surface area contributed by atoms with E-state index in [1.54, 1.807) is 0 Å². The summed E-state index contributed by atoms with van der Waals surface area (Å²) in [5.41, 5.74) is -0.185. The van der Waals surface area contributed by atoms with E-state index in [1.165, 1.54) is 6.92 Å². The minimum atomic E-state index is -0.823. The predicted molar refractivity (Wildman–Crippen MR) is 62.3 cm³/mol. The van der Waals surface area contributed by atoms with Crippen molar-refractivity contribution in [3.63, 3.8) is 0 Å². The topological polar surface area (TPSA) is 37.3 Å². The minimum Gasteiger partial charge on any atom is -0.391 e. The highest BCUT2D eigenvalue weighted by atomic mass is 32.2. The molecule has 0 fully saturated rings. The van der Waals surface area contributed by atoms with Gasteiger partial charge in [-0.2, -0.15) is 0 Å². The molecule has 0 bridgehead atoms. The third kappa shape index (κ3) is 4.17. The van der Waals surface area contributed by atoms with Crippen molar-refractivity contribution < 1.29 is 18.7 Å². The van der Waals surface area contributed by atoms with Gasteiger partial charge in [-0.15, -0.1) is 0 Å². The molecule has 0 spiro atoms. The van der Waals surface area contributed by atoms with Crippen LogP contribution >= 0.6 is 11.8 Å². The molecule has 1 rings (SSSR count). The number of halogens is 2. The molecule has 0 aliphatic carbocycles. The van der Waals surface area contributed by atoms with Gasteiger partial charge in [0, 0.05) is 18.1 Å². The first-order chi connectivity index (χ1) is 8.04. The van der Waals surface area contributed by atoms with Gasteiger partial charge in [-0.05, 0) is 12.1 Å². The Balaban J connectivity index is 2.83. The molecule has 0 aromatic heterocycles. The van der Waals surface area contributed by atoms with E-state index in [-0.39, 0.29) is 22.0 Å². The molecular formula is C12H10F2O2S. The van der Waals surface area contributed by atoms with Crippen molar-refractivity contribution in [3.8, 4) is 11.8 Å². The number of aliphatic hydroxyl groups is 1. The molecule has 90 valence electrons. The Hall–Kier alpha value is -1.38. The zero-order chi connectivity index (χ0) is 12.8. The van der Waals surface area contributed by atoms with Crippen molar-refractivity contribution in [2.75, 3.05) is 5.75 Å². The first kappa shape index (κ1) is 13.7. The van der Waals surface area contributed by atoms with E-state index in [9.17, 15) is 13.6 Å². The van der Waals surface area contributed by atoms with Crippen LogP contribution in [0.25, 0.3) is 0 Å². The van der Waals surface area contributed by atoms with Gasteiger partial charge in [0.2, 0.25) is 0 Å². The summed E-state index contributed by atoms with van der Waals surface area (Å²) in [5, 5.41) is 8.65. The third-order valence-electron chi connectivity index (χ3n) is 1.88. The lowest BCUT2D eigenvalue weighted by Gasteiger charge is -2.01. The molecule has 0 aliphatic rings. The number of thioether (sulfide) groups is 1. The van der Waals surface area contributed by atoms with Gasteiger partial charge in [0.15, 0.2) is 5.12 Å². The monoisotopic (exact) mass is 256 g/mol. The molecule has 0 amide bonds. The molecule has 0 radical (unpaired) electrons. The largest absolute Gasteiger partial charge is 0.391 e. The lowest BCUT2D eigenvalue weighted by Crippen LogP contribution is -1.96. The summed E-state index contributed by atoms with van der Waals surface area (Å²) in [6.45, 7) is 0.729. The Morgan fingerprint density at radius 2 is 2.00 bits per heavy atom. The van der Waals surface area contributed by atoms with E-state index in [0.29, 0.717) is 0 Å². The van der Waals surface area contributed by atoms with Crippen molar-refractivity contribution in [2.45, 2.75) is 13.5 Å². The van der Waals surface area contributed by atoms with Crippen molar-refractivity contribution in [1.29, 1.82) is 0 Å². The average molecular weight is 256 g/mol. The Morgan fingerprint density at radius 1 is 1.41 bits per heavy atom. The maximum Gasteiger partial charge on any atom is 0.186 e. The molecule has 5 heteroatoms. The van der Waals surface area contributed by atoms with Crippen molar-refractivity contribution in [3.05, 3.63) is 34.9 Å². The van der Waals surface area contributed by atoms with E-state index in [4.69, 9.17) is 5.11 Å². The van der Waals surface area contributed by atoms with Gasteiger partial charge in [-0.3, -0.25) is 4.79 Å². The van der Waals surface area contributed by atoms with Gasteiger partial charge in [0.05, 0.1) is 12.4 Å². The molecule has 1 N–H and O–H groups in total. The molecule has 2 nitrogen and oxygen atoms in total. The summed E-state index contributed by atoms with van der Waals surface area (Å²) in [7, 11) is 0. The first-order valence-corrected chi connectivity index (χ1v) is 5.74. The quantitative estimate of drug-likeness (QED) is 0.823. The number of carbonyl (C=O) groups is 1. The van der Waals surface area contributed by atoms with Crippen LogP contribution in [0.15, 0.2) is 12.1 Å². The zero-order valence-corrected chi connectivity index (χ0v) is 9.91. The summed E-state index contributed by atoms with van der Waals surface area (Å²) in [6.07, 6.45) is 0. The molecule has 0 saturated carbocycles. The van der Waals surface area contributed by atoms with Gasteiger partial charge in [-0.1, -0.05) is 23.6 Å². The Morgan fingerprint density at radius 3 is 2.47 bits per heavy atom. The number of hydrogen-bond donors (Lipinski definition) is 1. The van der Waals surface area contributed by atoms with Gasteiger partial charge in [0.25, 0.3) is 0 Å². The Bertz CT molecular complexity index is 466. The normalized spacial score (nSPS) is 9.65. The molecule has 1 aromatic carbocycles. The summed E-state index contributed by atoms with van der Waals surface area (Å²) < 4.78 is 26.4. The molecule has 0 aliphatic heterocycles. The maximum atomic E-state index is 13.2. The number of rotatable bonds is 2. The highest BCUT2D eigenvalue weighted by Gasteiger charge is 2.08. The summed E-state index contributed by atoms with van der Waals surface area (Å²) in [5.74, 6) is 3.80. The van der Waals surface area contributed by atoms with Crippen LogP contribution in [0.4, 0.5) is 8.78 Å². The minimum absolute atomic E-state index is 0.0627. The molecule has 0 saturated heterocycles. The Kier molecular flexibility index (Phi) is 5.13. The van der Waals surface area contributed by atoms with E-state index in [0.717, 1.165) is 23.9 Å². The second-order valence-electron chi connectivity index (χ2n) is 3.16. The second kappa shape index (κ2) is 6.38. The van der Waals surface area contributed by atoms with Crippen LogP contribution in [0.3, 0.4) is 0 Å². The fourth-order valence-electron chi connectivity index (χ4n) is 1.10. The smallest absolute Gasteiger partial charge is 0.186 e. The number of carbonyl (C=O) groups excluding carboxylic acids is 1. The lowest BCUT2D eigenvalue weighted by molar-refractivity contribution is -0.109. The van der Waals surface area contributed by atoms with Crippen LogP contribution in [0, 0.1) is 23.5 Å². The molecule has 1 aromatic rings. The summed E-state index contributed by atoms with van der Waals surface area (Å²) >= 11 is 1.03. The van der Waals surface area contributed by atoms with Gasteiger partial charge in [-0.25, -0.2) is 8.78 Å². The van der Waals surface area contributed by atoms with Crippen LogP contribution in [0.1, 0.15) is 18.1 Å². The maximum absolute atomic E-state index is 13.2. The first-order valence-electron chi connectivity index (χ1n) is 4.75. The fourth-order valence-corrected chi connectivity index (χ4v) is 1.45. The van der Waals surface area contributed by atoms with Gasteiger partial charge >= 0.3 is 0 Å². The molecule has 0 atom stereocenters. The number of hydrogen-bond acceptors (Lipinski definition) is 3. The second-order valence-corrected chi connectivity index (χ2v) is 4.31. The lowest BCUT2D eigenvalue weighted by atomic mass is 10.1. The third-order valence-corrected chi connectivity index (χ3v) is 2.57. The van der Waals surface area contributed by atoms with Crippen molar-refractivity contribution >= 4 is 16.9 Å². The number of benzene rings is 1. The van der Waals surface area contributed by atoms with Gasteiger partial charge < -0.3 is 5.11 Å². The van der Waals surface area contributed by atoms with Crippen molar-refractivity contribution in [2.24, 2.45) is 0 Å². The molecule has 17 heavy (non-hydrogen) atoms. The van der Waals surface area contributed by atoms with Crippen LogP contribution < -0.4 is 0 Å². The van der Waals surface area contributed by atoms with E-state index in [1.807, 2.05) is 0 Å². The van der Waals surface area contributed by atoms with Crippen LogP contribution in [-0.4, -0.2) is 16.0 Å². The average Bonchev–Trinajstić information content (AvgIpc) is 2.24. The van der Waals surface area contributed by atoms with Crippen LogP contribution in [0.2, 0.25) is 0 Å². The molecular weight excluding hydrogens is 246 g/mol. The summed E-state index contributed by atoms with van der Waals surface area (Å²) in [4.78, 5) is 10.6. The van der Waals surface area contributed by atoms with E-state index >= 15 is 0 Å². The summed E-state index contributed by atoms with van der Waals surface area (Å²) in [6, 6.07) is 2.11. The van der Waals surface area contributed by atoms with Crippen LogP contribution in [-0.2, 0) is 11.4 Å². The fraction of sp³-hybridized carbons (Fsp3) is 0.250. The molecule has 0 heterocycles. The SMILES string of the molecule is CC(=O)SCC#Cc1cc(F)c(CO)c(F)c1. The predicted octanol–water partition coefficient (Wildman–Crippen LogP) is 2.09. The van der Waals surface area contributed by atoms with Crippen LogP contribution in [0.5, 0.6) is 0 Å². The standard InChI is InChI=1S/C12H10F2O2S/c1-8(16)17-4-2-3-9-5-11(13)10(7-15)12(14)6-9/h5-6,15H,4,7H2,1H3. The van der Waals surface area contributed by atoms with E-state index in [2.05, 4.69) is 11.8 Å². The number of aliphatic hydroxyl groups excluding tert-OH is 1. The van der Waals surface area contributed by atoms with Crippen molar-refractivity contribution in [1.82, 2.24) is 0 Å². The highest BCUT2D eigenvalue weighted by molar-refractivity contribution is 8.13. The Labute approximate surface area is 102 Å². The highest BCUT2D eigenvalue weighted by Crippen LogP contribution is 2.14. The van der Waals surface area contributed by atoms with Gasteiger partial charge in [0.1, 0.15) is 11.6 Å². The molecule has 0 unspecified atom stereocenters. The zero-order valence-electron chi connectivity index (χ0n) is 9.09.